The summed E-state index contributed by atoms with van der Waals surface area (Å²) in [6.07, 6.45) is 9.27. The zero-order valence-corrected chi connectivity index (χ0v) is 22.0. The first kappa shape index (κ1) is 25.4. The predicted molar refractivity (Wildman–Crippen MR) is 149 cm³/mol. The van der Waals surface area contributed by atoms with Gasteiger partial charge in [0.15, 0.2) is 0 Å². The number of hydrogen-bond acceptors (Lipinski definition) is 5. The molecule has 0 aliphatic carbocycles. The molecule has 2 atom stereocenters. The Bertz CT molecular complexity index is 1410. The molecule has 0 saturated carbocycles. The van der Waals surface area contributed by atoms with Crippen LogP contribution < -0.4 is 15.2 Å². The summed E-state index contributed by atoms with van der Waals surface area (Å²) in [5, 5.41) is 4.30. The standard InChI is InChI=1S/C30H34N6O2/c1-3-21(2)9-7-8-12-26(37)35-18-17-23(19-35)36-30-27(29(31)32-20-33-30)28(34-36)22-13-15-25(16-14-22)38-24-10-5-4-6-11-24/h4-6,8,10-16,20-21,23H,3,7,9,17-19H2,1-2H3,(H2,31,32,33,34)/p+1. The third-order valence-electron chi connectivity index (χ3n) is 7.31. The lowest BCUT2D eigenvalue weighted by atomic mass is 10.0. The summed E-state index contributed by atoms with van der Waals surface area (Å²) < 4.78 is 7.98. The molecule has 3 heterocycles. The second-order valence-corrected chi connectivity index (χ2v) is 9.97. The minimum Gasteiger partial charge on any atom is -0.457 e. The van der Waals surface area contributed by atoms with Crippen molar-refractivity contribution >= 4 is 22.8 Å². The number of likely N-dealkylation sites (tertiary alicyclic amines) is 1. The molecule has 1 aliphatic rings. The molecule has 1 saturated heterocycles. The van der Waals surface area contributed by atoms with E-state index >= 15 is 0 Å². The number of allylic oxidation sites excluding steroid dienone is 1. The number of nitrogens with zero attached hydrogens (tertiary/aromatic N) is 4. The van der Waals surface area contributed by atoms with E-state index in [1.165, 1.54) is 12.7 Å². The highest BCUT2D eigenvalue weighted by atomic mass is 16.5. The molecule has 196 valence electrons. The summed E-state index contributed by atoms with van der Waals surface area (Å²) in [4.78, 5) is 23.5. The van der Waals surface area contributed by atoms with Gasteiger partial charge in [-0.05, 0) is 66.2 Å². The van der Waals surface area contributed by atoms with E-state index in [0.29, 0.717) is 24.8 Å². The quantitative estimate of drug-likeness (QED) is 0.230. The van der Waals surface area contributed by atoms with Crippen LogP contribution in [0.2, 0.25) is 0 Å². The Hall–Kier alpha value is -4.20. The maximum absolute atomic E-state index is 12.8. The van der Waals surface area contributed by atoms with Crippen LogP contribution in [0.1, 0.15) is 45.6 Å². The SMILES string of the molecule is CCC(C)CCC=CC(=O)N1CCC([n+]2[nH]c(-c3ccc(Oc4ccccc4)cc3)c3c(N)ncnc32)C1. The third kappa shape index (κ3) is 5.54. The zero-order chi connectivity index (χ0) is 26.5. The van der Waals surface area contributed by atoms with Gasteiger partial charge in [-0.2, -0.15) is 4.98 Å². The van der Waals surface area contributed by atoms with E-state index in [9.17, 15) is 4.79 Å². The van der Waals surface area contributed by atoms with Gasteiger partial charge in [0.05, 0.1) is 6.54 Å². The average Bonchev–Trinajstić information content (AvgIpc) is 3.58. The molecule has 3 N–H and O–H groups in total. The maximum atomic E-state index is 12.8. The summed E-state index contributed by atoms with van der Waals surface area (Å²) >= 11 is 0. The highest BCUT2D eigenvalue weighted by Crippen LogP contribution is 2.31. The number of H-pyrrole nitrogens is 1. The summed E-state index contributed by atoms with van der Waals surface area (Å²) in [7, 11) is 0. The lowest BCUT2D eigenvalue weighted by Crippen LogP contribution is -2.44. The number of aromatic amines is 1. The third-order valence-corrected chi connectivity index (χ3v) is 7.31. The Labute approximate surface area is 223 Å². The van der Waals surface area contributed by atoms with Crippen LogP contribution in [-0.2, 0) is 4.79 Å². The maximum Gasteiger partial charge on any atom is 0.356 e. The van der Waals surface area contributed by atoms with E-state index < -0.39 is 0 Å². The van der Waals surface area contributed by atoms with E-state index in [1.54, 1.807) is 6.08 Å². The number of amides is 1. The number of hydrogen-bond donors (Lipinski definition) is 2. The highest BCUT2D eigenvalue weighted by Gasteiger charge is 2.34. The minimum atomic E-state index is 0.0662. The fourth-order valence-corrected chi connectivity index (χ4v) is 4.86. The van der Waals surface area contributed by atoms with Crippen molar-refractivity contribution in [2.24, 2.45) is 5.92 Å². The van der Waals surface area contributed by atoms with E-state index in [2.05, 4.69) is 28.9 Å². The van der Waals surface area contributed by atoms with Crippen molar-refractivity contribution in [1.82, 2.24) is 20.0 Å². The van der Waals surface area contributed by atoms with Crippen molar-refractivity contribution in [2.45, 2.75) is 45.6 Å². The van der Waals surface area contributed by atoms with E-state index in [4.69, 9.17) is 10.5 Å². The molecule has 0 bridgehead atoms. The Morgan fingerprint density at radius 2 is 1.95 bits per heavy atom. The highest BCUT2D eigenvalue weighted by molar-refractivity contribution is 5.96. The molecule has 0 radical (unpaired) electrons. The van der Waals surface area contributed by atoms with Crippen molar-refractivity contribution in [3.05, 3.63) is 73.1 Å². The number of nitrogen functional groups attached to an aromatic ring is 1. The molecule has 5 rings (SSSR count). The van der Waals surface area contributed by atoms with Gasteiger partial charge in [0, 0.05) is 18.5 Å². The topological polar surface area (TPSA) is 101 Å². The monoisotopic (exact) mass is 511 g/mol. The second kappa shape index (κ2) is 11.5. The summed E-state index contributed by atoms with van der Waals surface area (Å²) in [6.45, 7) is 5.76. The number of carbonyl (C=O) groups is 1. The fourth-order valence-electron chi connectivity index (χ4n) is 4.86. The number of carbonyl (C=O) groups excluding carboxylic acids is 1. The summed E-state index contributed by atoms with van der Waals surface area (Å²) in [5.74, 6) is 2.69. The molecule has 1 aliphatic heterocycles. The van der Waals surface area contributed by atoms with Crippen LogP contribution in [0.15, 0.2) is 73.1 Å². The molecule has 2 aromatic carbocycles. The van der Waals surface area contributed by atoms with Crippen molar-refractivity contribution in [2.75, 3.05) is 18.8 Å². The second-order valence-electron chi connectivity index (χ2n) is 9.97. The van der Waals surface area contributed by atoms with E-state index in [-0.39, 0.29) is 11.9 Å². The number of ether oxygens (including phenoxy) is 1. The number of fused-ring (bicyclic) bond motifs is 1. The Kier molecular flexibility index (Phi) is 7.67. The van der Waals surface area contributed by atoms with Gasteiger partial charge >= 0.3 is 5.65 Å². The number of rotatable bonds is 9. The average molecular weight is 512 g/mol. The van der Waals surface area contributed by atoms with Gasteiger partial charge in [-0.25, -0.2) is 5.10 Å². The van der Waals surface area contributed by atoms with E-state index in [0.717, 1.165) is 53.1 Å². The van der Waals surface area contributed by atoms with Gasteiger partial charge in [0.2, 0.25) is 12.2 Å². The van der Waals surface area contributed by atoms with Crippen LogP contribution in [0.25, 0.3) is 22.3 Å². The van der Waals surface area contributed by atoms with Crippen LogP contribution in [0.3, 0.4) is 0 Å². The first-order valence-electron chi connectivity index (χ1n) is 13.4. The first-order valence-corrected chi connectivity index (χ1v) is 13.4. The smallest absolute Gasteiger partial charge is 0.356 e. The Balaban J connectivity index is 1.34. The zero-order valence-electron chi connectivity index (χ0n) is 22.0. The van der Waals surface area contributed by atoms with Crippen molar-refractivity contribution in [1.29, 1.82) is 0 Å². The first-order chi connectivity index (χ1) is 18.5. The Morgan fingerprint density at radius 3 is 2.71 bits per heavy atom. The van der Waals surface area contributed by atoms with Crippen LogP contribution in [0, 0.1) is 5.92 Å². The minimum absolute atomic E-state index is 0.0662. The number of para-hydroxylation sites is 1. The summed E-state index contributed by atoms with van der Waals surface area (Å²) in [5.41, 5.74) is 8.86. The predicted octanol–water partition coefficient (Wildman–Crippen LogP) is 5.44. The molecule has 4 aromatic rings. The lowest BCUT2D eigenvalue weighted by molar-refractivity contribution is -0.749. The van der Waals surface area contributed by atoms with Crippen molar-refractivity contribution < 1.29 is 14.2 Å². The molecule has 8 heteroatoms. The normalized spacial score (nSPS) is 16.4. The molecule has 8 nitrogen and oxygen atoms in total. The molecule has 1 fully saturated rings. The molecule has 2 aromatic heterocycles. The number of aromatic nitrogens is 4. The number of nitrogens with one attached hydrogen (secondary N) is 1. The molecule has 2 unspecified atom stereocenters. The number of anilines is 1. The van der Waals surface area contributed by atoms with Crippen LogP contribution in [-0.4, -0.2) is 39.0 Å². The van der Waals surface area contributed by atoms with Gasteiger partial charge < -0.3 is 15.4 Å². The largest absolute Gasteiger partial charge is 0.457 e. The molecular weight excluding hydrogens is 476 g/mol. The number of benzene rings is 2. The molecule has 0 spiro atoms. The molecule has 38 heavy (non-hydrogen) atoms. The van der Waals surface area contributed by atoms with Crippen molar-refractivity contribution in [3.8, 4) is 22.8 Å². The lowest BCUT2D eigenvalue weighted by Gasteiger charge is -2.13. The van der Waals surface area contributed by atoms with Crippen molar-refractivity contribution in [3.63, 3.8) is 0 Å². The van der Waals surface area contributed by atoms with Gasteiger partial charge in [0.1, 0.15) is 34.4 Å². The fraction of sp³-hybridized carbons (Fsp3) is 0.333. The van der Waals surface area contributed by atoms with E-state index in [1.807, 2.05) is 70.3 Å². The van der Waals surface area contributed by atoms with Crippen LogP contribution in [0.4, 0.5) is 5.82 Å². The van der Waals surface area contributed by atoms with Crippen LogP contribution >= 0.6 is 0 Å². The number of nitrogens with two attached hydrogens (primary N) is 1. The van der Waals surface area contributed by atoms with Gasteiger partial charge in [-0.3, -0.25) is 4.79 Å². The van der Waals surface area contributed by atoms with Gasteiger partial charge in [-0.15, -0.1) is 4.68 Å². The molecule has 1 amide bonds. The summed E-state index contributed by atoms with van der Waals surface area (Å²) in [6, 6.07) is 17.6. The van der Waals surface area contributed by atoms with Crippen LogP contribution in [0.5, 0.6) is 11.5 Å². The van der Waals surface area contributed by atoms with Gasteiger partial charge in [0.25, 0.3) is 0 Å². The molecular formula is C30H35N6O2+. The van der Waals surface area contributed by atoms with Gasteiger partial charge in [-0.1, -0.05) is 44.5 Å². The Morgan fingerprint density at radius 1 is 1.18 bits per heavy atom.